The van der Waals surface area contributed by atoms with Crippen molar-refractivity contribution in [1.29, 1.82) is 0 Å². The van der Waals surface area contributed by atoms with Gasteiger partial charge in [0, 0.05) is 31.9 Å². The Labute approximate surface area is 126 Å². The minimum Gasteiger partial charge on any atom is -0.478 e. The minimum absolute atomic E-state index is 0.223. The van der Waals surface area contributed by atoms with Crippen LogP contribution in [0.5, 0.6) is 5.88 Å². The molecular formula is C17H23N3O. The molecule has 0 spiro atoms. The van der Waals surface area contributed by atoms with Crippen molar-refractivity contribution in [3.05, 3.63) is 48.2 Å². The van der Waals surface area contributed by atoms with E-state index in [0.29, 0.717) is 12.5 Å². The molecule has 112 valence electrons. The summed E-state index contributed by atoms with van der Waals surface area (Å²) in [4.78, 5) is 6.36. The van der Waals surface area contributed by atoms with Crippen LogP contribution in [-0.2, 0) is 0 Å². The Morgan fingerprint density at radius 1 is 1.14 bits per heavy atom. The molecule has 0 amide bonds. The number of pyridine rings is 1. The number of hydrogen-bond donors (Lipinski definition) is 1. The second-order valence-corrected chi connectivity index (χ2v) is 5.17. The van der Waals surface area contributed by atoms with Crippen molar-refractivity contribution in [3.8, 4) is 5.88 Å². The van der Waals surface area contributed by atoms with Crippen LogP contribution in [0.3, 0.4) is 0 Å². The number of aromatic nitrogens is 1. The first-order chi connectivity index (χ1) is 10.1. The smallest absolute Gasteiger partial charge is 0.213 e. The predicted molar refractivity (Wildman–Crippen MR) is 88.2 cm³/mol. The van der Waals surface area contributed by atoms with Gasteiger partial charge in [0.15, 0.2) is 0 Å². The third kappa shape index (κ3) is 4.12. The summed E-state index contributed by atoms with van der Waals surface area (Å²) in [5.41, 5.74) is 3.44. The lowest BCUT2D eigenvalue weighted by atomic mass is 10.1. The van der Waals surface area contributed by atoms with Gasteiger partial charge in [0.2, 0.25) is 5.88 Å². The lowest BCUT2D eigenvalue weighted by molar-refractivity contribution is 0.327. The highest BCUT2D eigenvalue weighted by atomic mass is 16.5. The van der Waals surface area contributed by atoms with E-state index < -0.39 is 0 Å². The van der Waals surface area contributed by atoms with Crippen molar-refractivity contribution < 1.29 is 4.74 Å². The van der Waals surface area contributed by atoms with Crippen molar-refractivity contribution in [2.75, 3.05) is 30.9 Å². The Kier molecular flexibility index (Phi) is 5.04. The summed E-state index contributed by atoms with van der Waals surface area (Å²) in [5.74, 6) is 0.658. The summed E-state index contributed by atoms with van der Waals surface area (Å²) >= 11 is 0. The quantitative estimate of drug-likeness (QED) is 0.877. The molecule has 1 unspecified atom stereocenters. The fourth-order valence-electron chi connectivity index (χ4n) is 2.09. The van der Waals surface area contributed by atoms with Gasteiger partial charge in [-0.3, -0.25) is 0 Å². The Hall–Kier alpha value is -2.23. The fourth-order valence-corrected chi connectivity index (χ4v) is 2.09. The second-order valence-electron chi connectivity index (χ2n) is 5.17. The number of nitrogens with one attached hydrogen (secondary N) is 1. The second kappa shape index (κ2) is 6.97. The fraction of sp³-hybridized carbons (Fsp3) is 0.353. The van der Waals surface area contributed by atoms with Gasteiger partial charge in [-0.05, 0) is 37.6 Å². The molecule has 0 bridgehead atoms. The largest absolute Gasteiger partial charge is 0.478 e. The van der Waals surface area contributed by atoms with Crippen LogP contribution in [-0.4, -0.2) is 25.7 Å². The molecule has 0 aliphatic rings. The molecule has 1 aromatic carbocycles. The molecular weight excluding hydrogens is 262 g/mol. The summed E-state index contributed by atoms with van der Waals surface area (Å²) in [7, 11) is 4.09. The number of ether oxygens (including phenoxy) is 1. The average Bonchev–Trinajstić information content (AvgIpc) is 2.49. The molecule has 1 aromatic heterocycles. The van der Waals surface area contributed by atoms with E-state index in [0.717, 1.165) is 5.69 Å². The van der Waals surface area contributed by atoms with Crippen LogP contribution in [0.4, 0.5) is 11.4 Å². The SMILES string of the molecule is CCOc1ccc(NC(C)c2ccc(N(C)C)cc2)cn1. The van der Waals surface area contributed by atoms with E-state index in [4.69, 9.17) is 4.74 Å². The van der Waals surface area contributed by atoms with Crippen molar-refractivity contribution in [2.24, 2.45) is 0 Å². The van der Waals surface area contributed by atoms with Crippen LogP contribution < -0.4 is 15.0 Å². The Balaban J connectivity index is 2.01. The molecule has 4 heteroatoms. The average molecular weight is 285 g/mol. The first-order valence-electron chi connectivity index (χ1n) is 7.23. The number of benzene rings is 1. The van der Waals surface area contributed by atoms with Crippen LogP contribution in [0.25, 0.3) is 0 Å². The van der Waals surface area contributed by atoms with Gasteiger partial charge in [-0.25, -0.2) is 4.98 Å². The lowest BCUT2D eigenvalue weighted by Crippen LogP contribution is -2.10. The van der Waals surface area contributed by atoms with Crippen molar-refractivity contribution in [2.45, 2.75) is 19.9 Å². The molecule has 2 aromatic rings. The van der Waals surface area contributed by atoms with Crippen molar-refractivity contribution in [3.63, 3.8) is 0 Å². The molecule has 0 aliphatic heterocycles. The maximum atomic E-state index is 5.34. The maximum Gasteiger partial charge on any atom is 0.213 e. The third-order valence-corrected chi connectivity index (χ3v) is 3.32. The molecule has 0 radical (unpaired) electrons. The molecule has 21 heavy (non-hydrogen) atoms. The minimum atomic E-state index is 0.223. The predicted octanol–water partition coefficient (Wildman–Crippen LogP) is 3.72. The van der Waals surface area contributed by atoms with Gasteiger partial charge in [0.05, 0.1) is 18.5 Å². The highest BCUT2D eigenvalue weighted by Gasteiger charge is 2.06. The van der Waals surface area contributed by atoms with E-state index in [1.54, 1.807) is 6.20 Å². The molecule has 0 fully saturated rings. The van der Waals surface area contributed by atoms with Gasteiger partial charge >= 0.3 is 0 Å². The Morgan fingerprint density at radius 3 is 2.38 bits per heavy atom. The molecule has 0 aliphatic carbocycles. The van der Waals surface area contributed by atoms with Crippen molar-refractivity contribution in [1.82, 2.24) is 4.98 Å². The number of hydrogen-bond acceptors (Lipinski definition) is 4. The Morgan fingerprint density at radius 2 is 1.86 bits per heavy atom. The first kappa shape index (κ1) is 15.2. The zero-order chi connectivity index (χ0) is 15.2. The first-order valence-corrected chi connectivity index (χ1v) is 7.23. The van der Waals surface area contributed by atoms with Gasteiger partial charge in [0.25, 0.3) is 0 Å². The lowest BCUT2D eigenvalue weighted by Gasteiger charge is -2.18. The highest BCUT2D eigenvalue weighted by molar-refractivity contribution is 5.49. The maximum absolute atomic E-state index is 5.34. The van der Waals surface area contributed by atoms with Gasteiger partial charge in [-0.1, -0.05) is 12.1 Å². The summed E-state index contributed by atoms with van der Waals surface area (Å²) in [6.45, 7) is 4.73. The van der Waals surface area contributed by atoms with E-state index in [1.165, 1.54) is 11.3 Å². The summed E-state index contributed by atoms with van der Waals surface area (Å²) in [6.07, 6.45) is 1.80. The molecule has 4 nitrogen and oxygen atoms in total. The summed E-state index contributed by atoms with van der Waals surface area (Å²) in [5, 5.41) is 3.44. The molecule has 0 saturated heterocycles. The molecule has 1 N–H and O–H groups in total. The van der Waals surface area contributed by atoms with Gasteiger partial charge in [-0.15, -0.1) is 0 Å². The zero-order valence-corrected chi connectivity index (χ0v) is 13.1. The molecule has 1 heterocycles. The van der Waals surface area contributed by atoms with E-state index in [1.807, 2.05) is 33.2 Å². The zero-order valence-electron chi connectivity index (χ0n) is 13.1. The van der Waals surface area contributed by atoms with E-state index in [-0.39, 0.29) is 6.04 Å². The van der Waals surface area contributed by atoms with Crippen LogP contribution in [0.1, 0.15) is 25.5 Å². The van der Waals surface area contributed by atoms with E-state index in [9.17, 15) is 0 Å². The third-order valence-electron chi connectivity index (χ3n) is 3.32. The molecule has 2 rings (SSSR count). The van der Waals surface area contributed by atoms with Gasteiger partial charge in [0.1, 0.15) is 0 Å². The van der Waals surface area contributed by atoms with Crippen LogP contribution in [0, 0.1) is 0 Å². The summed E-state index contributed by atoms with van der Waals surface area (Å²) in [6, 6.07) is 12.6. The monoisotopic (exact) mass is 285 g/mol. The van der Waals surface area contributed by atoms with Crippen LogP contribution >= 0.6 is 0 Å². The van der Waals surface area contributed by atoms with Crippen LogP contribution in [0.2, 0.25) is 0 Å². The van der Waals surface area contributed by atoms with E-state index >= 15 is 0 Å². The highest BCUT2D eigenvalue weighted by Crippen LogP contribution is 2.22. The van der Waals surface area contributed by atoms with E-state index in [2.05, 4.69) is 46.4 Å². The number of anilines is 2. The summed E-state index contributed by atoms with van der Waals surface area (Å²) < 4.78 is 5.34. The van der Waals surface area contributed by atoms with Crippen LogP contribution in [0.15, 0.2) is 42.6 Å². The normalized spacial score (nSPS) is 11.8. The topological polar surface area (TPSA) is 37.4 Å². The molecule has 0 saturated carbocycles. The van der Waals surface area contributed by atoms with Gasteiger partial charge < -0.3 is 15.0 Å². The molecule has 1 atom stereocenters. The number of nitrogens with zero attached hydrogens (tertiary/aromatic N) is 2. The standard InChI is InChI=1S/C17H23N3O/c1-5-21-17-11-8-15(12-18-17)19-13(2)14-6-9-16(10-7-14)20(3)4/h6-13,19H,5H2,1-4H3. The number of rotatable bonds is 6. The van der Waals surface area contributed by atoms with Crippen molar-refractivity contribution >= 4 is 11.4 Å². The Bertz CT molecular complexity index is 549. The van der Waals surface area contributed by atoms with Gasteiger partial charge in [-0.2, -0.15) is 0 Å².